The van der Waals surface area contributed by atoms with E-state index in [-0.39, 0.29) is 12.6 Å². The predicted molar refractivity (Wildman–Crippen MR) is 162 cm³/mol. The van der Waals surface area contributed by atoms with E-state index >= 15 is 0 Å². The Morgan fingerprint density at radius 2 is 1.64 bits per heavy atom. The lowest BCUT2D eigenvalue weighted by atomic mass is 9.82. The highest BCUT2D eigenvalue weighted by atomic mass is 32.2. The van der Waals surface area contributed by atoms with Crippen LogP contribution in [0.5, 0.6) is 0 Å². The number of hydrogen-bond acceptors (Lipinski definition) is 5. The topological polar surface area (TPSA) is 53.4 Å². The summed E-state index contributed by atoms with van der Waals surface area (Å²) in [6.07, 6.45) is 7.73. The summed E-state index contributed by atoms with van der Waals surface area (Å²) in [5, 5.41) is 5.28. The van der Waals surface area contributed by atoms with Gasteiger partial charge in [-0.2, -0.15) is 16.9 Å². The van der Waals surface area contributed by atoms with Gasteiger partial charge in [-0.05, 0) is 89.2 Å². The van der Waals surface area contributed by atoms with E-state index in [1.807, 2.05) is 32.5 Å². The van der Waals surface area contributed by atoms with Crippen LogP contribution in [-0.4, -0.2) is 46.6 Å². The first-order valence-corrected chi connectivity index (χ1v) is 15.6. The van der Waals surface area contributed by atoms with E-state index in [2.05, 4.69) is 72.5 Å². The van der Waals surface area contributed by atoms with Crippen molar-refractivity contribution >= 4 is 17.7 Å². The molecule has 0 bridgehead atoms. The largest absolute Gasteiger partial charge is 0.458 e. The molecule has 0 unspecified atom stereocenters. The third kappa shape index (κ3) is 8.46. The fourth-order valence-corrected chi connectivity index (χ4v) is 5.82. The lowest BCUT2D eigenvalue weighted by Crippen LogP contribution is -2.28. The molecular weight excluding hydrogens is 504 g/mol. The van der Waals surface area contributed by atoms with Crippen LogP contribution in [-0.2, 0) is 27.2 Å². The molecule has 2 aromatic carbocycles. The van der Waals surface area contributed by atoms with Crippen molar-refractivity contribution in [2.45, 2.75) is 71.9 Å². The number of aromatic nitrogens is 2. The summed E-state index contributed by atoms with van der Waals surface area (Å²) in [4.78, 5) is 12.0. The Morgan fingerprint density at radius 3 is 2.28 bits per heavy atom. The first-order valence-electron chi connectivity index (χ1n) is 14.2. The molecule has 210 valence electrons. The molecule has 1 aliphatic carbocycles. The molecule has 1 aliphatic rings. The standard InChI is InChI=1S/C33H44N2O3S/c1-24-11-17-28(18-12-24)32-31(27-9-7-6-8-10-27)29(19-20-39-5)35(34-32)21-25-13-15-26(16-14-25)22-37-23-30(36)38-33(2,3)4/h6-12,17-18,25-26H,13-16,19-23H2,1-5H3/t25-,26+. The number of thioether (sulfide) groups is 1. The molecule has 0 amide bonds. The first kappa shape index (κ1) is 29.4. The molecule has 0 N–H and O–H groups in total. The predicted octanol–water partition coefficient (Wildman–Crippen LogP) is 7.60. The third-order valence-corrected chi connectivity index (χ3v) is 7.99. The summed E-state index contributed by atoms with van der Waals surface area (Å²) >= 11 is 1.89. The molecule has 0 aliphatic heterocycles. The average Bonchev–Trinajstić information content (AvgIpc) is 3.26. The summed E-state index contributed by atoms with van der Waals surface area (Å²) in [5.41, 5.74) is 6.90. The Kier molecular flexibility index (Phi) is 10.3. The number of carbonyl (C=O) groups is 1. The Balaban J connectivity index is 1.47. The maximum absolute atomic E-state index is 12.0. The molecule has 1 saturated carbocycles. The van der Waals surface area contributed by atoms with Gasteiger partial charge >= 0.3 is 5.97 Å². The Hall–Kier alpha value is -2.57. The second kappa shape index (κ2) is 13.7. The van der Waals surface area contributed by atoms with Gasteiger partial charge in [0.15, 0.2) is 0 Å². The van der Waals surface area contributed by atoms with Gasteiger partial charge in [0.25, 0.3) is 0 Å². The van der Waals surface area contributed by atoms with Crippen LogP contribution in [0.1, 0.15) is 57.7 Å². The first-order chi connectivity index (χ1) is 18.7. The van der Waals surface area contributed by atoms with Crippen LogP contribution in [0.4, 0.5) is 0 Å². The van der Waals surface area contributed by atoms with Gasteiger partial charge in [-0.1, -0.05) is 60.2 Å². The van der Waals surface area contributed by atoms with Gasteiger partial charge in [-0.15, -0.1) is 0 Å². The van der Waals surface area contributed by atoms with Gasteiger partial charge in [0.05, 0.1) is 6.61 Å². The fraction of sp³-hybridized carbons (Fsp3) is 0.515. The van der Waals surface area contributed by atoms with Crippen molar-refractivity contribution in [2.75, 3.05) is 25.2 Å². The van der Waals surface area contributed by atoms with Gasteiger partial charge < -0.3 is 9.47 Å². The molecule has 1 fully saturated rings. The number of aryl methyl sites for hydroxylation is 1. The van der Waals surface area contributed by atoms with Crippen molar-refractivity contribution in [1.82, 2.24) is 9.78 Å². The summed E-state index contributed by atoms with van der Waals surface area (Å²) in [6, 6.07) is 19.5. The minimum atomic E-state index is -0.473. The van der Waals surface area contributed by atoms with Crippen LogP contribution in [0.25, 0.3) is 22.4 Å². The summed E-state index contributed by atoms with van der Waals surface area (Å²) in [7, 11) is 0. The zero-order valence-electron chi connectivity index (χ0n) is 24.2. The van der Waals surface area contributed by atoms with Crippen molar-refractivity contribution in [3.8, 4) is 22.4 Å². The van der Waals surface area contributed by atoms with Crippen LogP contribution in [0.3, 0.4) is 0 Å². The number of nitrogens with zero attached hydrogens (tertiary/aromatic N) is 2. The molecule has 1 heterocycles. The van der Waals surface area contributed by atoms with Crippen LogP contribution >= 0.6 is 11.8 Å². The molecule has 4 rings (SSSR count). The van der Waals surface area contributed by atoms with E-state index in [1.54, 1.807) is 0 Å². The normalized spacial score (nSPS) is 17.8. The minimum Gasteiger partial charge on any atom is -0.458 e. The second-order valence-corrected chi connectivity index (χ2v) is 12.8. The van der Waals surface area contributed by atoms with Crippen molar-refractivity contribution in [3.63, 3.8) is 0 Å². The molecule has 0 saturated heterocycles. The van der Waals surface area contributed by atoms with Crippen LogP contribution < -0.4 is 0 Å². The van der Waals surface area contributed by atoms with Gasteiger partial charge in [0, 0.05) is 23.4 Å². The van der Waals surface area contributed by atoms with Gasteiger partial charge in [0.1, 0.15) is 17.9 Å². The summed E-state index contributed by atoms with van der Waals surface area (Å²) in [6.45, 7) is 9.38. The Labute approximate surface area is 238 Å². The van der Waals surface area contributed by atoms with Gasteiger partial charge in [-0.25, -0.2) is 4.79 Å². The van der Waals surface area contributed by atoms with Crippen LogP contribution in [0, 0.1) is 18.8 Å². The Morgan fingerprint density at radius 1 is 0.974 bits per heavy atom. The Bertz CT molecular complexity index is 1190. The SMILES string of the molecule is CSCCc1c(-c2ccccc2)c(-c2ccc(C)cc2)nn1C[C@H]1CC[C@@H](COCC(=O)OC(C)(C)C)CC1. The smallest absolute Gasteiger partial charge is 0.332 e. The zero-order valence-corrected chi connectivity index (χ0v) is 25.1. The number of benzene rings is 2. The number of esters is 1. The molecule has 0 radical (unpaired) electrons. The lowest BCUT2D eigenvalue weighted by Gasteiger charge is -2.29. The molecule has 0 spiro atoms. The van der Waals surface area contributed by atoms with Crippen molar-refractivity contribution < 1.29 is 14.3 Å². The molecule has 3 aromatic rings. The van der Waals surface area contributed by atoms with Crippen molar-refractivity contribution in [1.29, 1.82) is 0 Å². The number of hydrogen-bond donors (Lipinski definition) is 0. The van der Waals surface area contributed by atoms with E-state index < -0.39 is 5.60 Å². The monoisotopic (exact) mass is 548 g/mol. The number of ether oxygens (including phenoxy) is 2. The van der Waals surface area contributed by atoms with E-state index in [9.17, 15) is 4.79 Å². The maximum Gasteiger partial charge on any atom is 0.332 e. The van der Waals surface area contributed by atoms with Gasteiger partial charge in [0.2, 0.25) is 0 Å². The van der Waals surface area contributed by atoms with Crippen molar-refractivity contribution in [2.24, 2.45) is 11.8 Å². The van der Waals surface area contributed by atoms with E-state index in [0.717, 1.165) is 50.1 Å². The highest BCUT2D eigenvalue weighted by Gasteiger charge is 2.26. The molecular formula is C33H44N2O3S. The fourth-order valence-electron chi connectivity index (χ4n) is 5.43. The minimum absolute atomic E-state index is 0.0351. The number of rotatable bonds is 11. The van der Waals surface area contributed by atoms with Crippen LogP contribution in [0.2, 0.25) is 0 Å². The quantitative estimate of drug-likeness (QED) is 0.231. The van der Waals surface area contributed by atoms with Crippen molar-refractivity contribution in [3.05, 3.63) is 65.9 Å². The van der Waals surface area contributed by atoms with Crippen LogP contribution in [0.15, 0.2) is 54.6 Å². The molecule has 1 aromatic heterocycles. The summed E-state index contributed by atoms with van der Waals surface area (Å²) in [5.74, 6) is 1.88. The molecule has 6 heteroatoms. The highest BCUT2D eigenvalue weighted by Crippen LogP contribution is 2.37. The van der Waals surface area contributed by atoms with E-state index in [0.29, 0.717) is 18.4 Å². The molecule has 0 atom stereocenters. The zero-order chi connectivity index (χ0) is 27.8. The molecule has 5 nitrogen and oxygen atoms in total. The molecule has 39 heavy (non-hydrogen) atoms. The third-order valence-electron chi connectivity index (χ3n) is 7.38. The maximum atomic E-state index is 12.0. The average molecular weight is 549 g/mol. The van der Waals surface area contributed by atoms with Gasteiger partial charge in [-0.3, -0.25) is 4.68 Å². The summed E-state index contributed by atoms with van der Waals surface area (Å²) < 4.78 is 13.4. The lowest BCUT2D eigenvalue weighted by molar-refractivity contribution is -0.160. The van der Waals surface area contributed by atoms with E-state index in [1.165, 1.54) is 27.9 Å². The number of carbonyl (C=O) groups excluding carboxylic acids is 1. The van der Waals surface area contributed by atoms with E-state index in [4.69, 9.17) is 14.6 Å². The second-order valence-electron chi connectivity index (χ2n) is 11.8. The highest BCUT2D eigenvalue weighted by molar-refractivity contribution is 7.98.